The van der Waals surface area contributed by atoms with Gasteiger partial charge in [-0.2, -0.15) is 11.3 Å². The largest absolute Gasteiger partial charge is 0.357 e. The van der Waals surface area contributed by atoms with Gasteiger partial charge in [-0.25, -0.2) is 0 Å². The van der Waals surface area contributed by atoms with E-state index in [1.165, 1.54) is 5.56 Å². The molecule has 0 aromatic carbocycles. The molecule has 0 radical (unpaired) electrons. The topological polar surface area (TPSA) is 21.3 Å². The Morgan fingerprint density at radius 2 is 2.50 bits per heavy atom. The third kappa shape index (κ3) is 1.53. The number of hydrogen-bond acceptors (Lipinski definition) is 3. The van der Waals surface area contributed by atoms with E-state index in [2.05, 4.69) is 36.0 Å². The summed E-state index contributed by atoms with van der Waals surface area (Å²) in [7, 11) is 0. The Kier molecular flexibility index (Phi) is 1.94. The number of ether oxygens (including phenoxy) is 1. The van der Waals surface area contributed by atoms with Crippen LogP contribution >= 0.6 is 11.3 Å². The van der Waals surface area contributed by atoms with Gasteiger partial charge in [-0.1, -0.05) is 0 Å². The molecule has 3 heteroatoms. The molecule has 2 rings (SSSR count). The number of rotatable bonds is 1. The standard InChI is InChI=1S/C9H13NOS/c1-9(2)6-11-8(10-9)7-3-4-12-5-7/h3-5,8,10H,6H2,1-2H3. The molecular formula is C9H13NOS. The second-order valence-electron chi connectivity index (χ2n) is 3.78. The summed E-state index contributed by atoms with van der Waals surface area (Å²) in [5.74, 6) is 0. The molecule has 0 amide bonds. The van der Waals surface area contributed by atoms with Crippen LogP contribution in [0.2, 0.25) is 0 Å². The Hall–Kier alpha value is -0.380. The van der Waals surface area contributed by atoms with Crippen LogP contribution in [0.3, 0.4) is 0 Å². The lowest BCUT2D eigenvalue weighted by atomic mass is 10.1. The molecule has 2 nitrogen and oxygen atoms in total. The molecule has 2 heterocycles. The van der Waals surface area contributed by atoms with Gasteiger partial charge in [-0.3, -0.25) is 5.32 Å². The SMILES string of the molecule is CC1(C)COC(c2ccsc2)N1. The van der Waals surface area contributed by atoms with Crippen LogP contribution in [-0.4, -0.2) is 12.1 Å². The average Bonchev–Trinajstić information content (AvgIpc) is 2.55. The molecule has 1 fully saturated rings. The summed E-state index contributed by atoms with van der Waals surface area (Å²) in [4.78, 5) is 0. The van der Waals surface area contributed by atoms with Crippen molar-refractivity contribution in [3.8, 4) is 0 Å². The van der Waals surface area contributed by atoms with Crippen molar-refractivity contribution in [3.05, 3.63) is 22.4 Å². The lowest BCUT2D eigenvalue weighted by molar-refractivity contribution is 0.0992. The van der Waals surface area contributed by atoms with Gasteiger partial charge in [0.2, 0.25) is 0 Å². The molecule has 1 aliphatic heterocycles. The van der Waals surface area contributed by atoms with E-state index in [9.17, 15) is 0 Å². The van der Waals surface area contributed by atoms with Gasteiger partial charge in [0.05, 0.1) is 6.61 Å². The zero-order valence-corrected chi connectivity index (χ0v) is 8.15. The summed E-state index contributed by atoms with van der Waals surface area (Å²) < 4.78 is 5.61. The summed E-state index contributed by atoms with van der Waals surface area (Å²) in [6, 6.07) is 2.10. The second-order valence-corrected chi connectivity index (χ2v) is 4.56. The van der Waals surface area contributed by atoms with E-state index in [4.69, 9.17) is 4.74 Å². The van der Waals surface area contributed by atoms with E-state index >= 15 is 0 Å². The third-order valence-electron chi connectivity index (χ3n) is 1.98. The monoisotopic (exact) mass is 183 g/mol. The highest BCUT2D eigenvalue weighted by molar-refractivity contribution is 7.07. The van der Waals surface area contributed by atoms with Gasteiger partial charge >= 0.3 is 0 Å². The molecule has 66 valence electrons. The average molecular weight is 183 g/mol. The Balaban J connectivity index is 2.10. The van der Waals surface area contributed by atoms with E-state index in [0.29, 0.717) is 0 Å². The molecule has 1 N–H and O–H groups in total. The van der Waals surface area contributed by atoms with Gasteiger partial charge in [0.25, 0.3) is 0 Å². The van der Waals surface area contributed by atoms with Crippen molar-refractivity contribution in [1.82, 2.24) is 5.32 Å². The molecule has 1 unspecified atom stereocenters. The van der Waals surface area contributed by atoms with Crippen LogP contribution in [0.25, 0.3) is 0 Å². The van der Waals surface area contributed by atoms with Crippen molar-refractivity contribution in [3.63, 3.8) is 0 Å². The minimum absolute atomic E-state index is 0.103. The van der Waals surface area contributed by atoms with E-state index in [1.807, 2.05) is 0 Å². The highest BCUT2D eigenvalue weighted by atomic mass is 32.1. The first-order valence-electron chi connectivity index (χ1n) is 4.09. The zero-order chi connectivity index (χ0) is 8.60. The molecule has 0 spiro atoms. The van der Waals surface area contributed by atoms with Crippen LogP contribution in [0, 0.1) is 0 Å². The van der Waals surface area contributed by atoms with E-state index in [1.54, 1.807) is 11.3 Å². The third-order valence-corrected chi connectivity index (χ3v) is 2.68. The molecule has 1 aliphatic rings. The molecule has 1 aromatic heterocycles. The second kappa shape index (κ2) is 2.83. The van der Waals surface area contributed by atoms with Gasteiger partial charge in [0.1, 0.15) is 6.23 Å². The van der Waals surface area contributed by atoms with Crippen LogP contribution in [0.15, 0.2) is 16.8 Å². The fourth-order valence-corrected chi connectivity index (χ4v) is 2.01. The van der Waals surface area contributed by atoms with Gasteiger partial charge in [-0.15, -0.1) is 0 Å². The first kappa shape index (κ1) is 8.23. The number of thiophene rings is 1. The molecule has 0 bridgehead atoms. The normalized spacial score (nSPS) is 27.7. The summed E-state index contributed by atoms with van der Waals surface area (Å²) in [6.45, 7) is 5.09. The van der Waals surface area contributed by atoms with Gasteiger partial charge in [0, 0.05) is 11.1 Å². The molecule has 0 aliphatic carbocycles. The van der Waals surface area contributed by atoms with Gasteiger partial charge in [-0.05, 0) is 30.7 Å². The lowest BCUT2D eigenvalue weighted by Crippen LogP contribution is -2.35. The predicted molar refractivity (Wildman–Crippen MR) is 50.2 cm³/mol. The molecule has 12 heavy (non-hydrogen) atoms. The van der Waals surface area contributed by atoms with Crippen LogP contribution in [0.5, 0.6) is 0 Å². The van der Waals surface area contributed by atoms with Crippen LogP contribution in [-0.2, 0) is 4.74 Å². The zero-order valence-electron chi connectivity index (χ0n) is 7.33. The summed E-state index contributed by atoms with van der Waals surface area (Å²) >= 11 is 1.71. The minimum Gasteiger partial charge on any atom is -0.357 e. The van der Waals surface area contributed by atoms with Crippen LogP contribution in [0.4, 0.5) is 0 Å². The van der Waals surface area contributed by atoms with Gasteiger partial charge < -0.3 is 4.74 Å². The lowest BCUT2D eigenvalue weighted by Gasteiger charge is -2.16. The van der Waals surface area contributed by atoms with Crippen molar-refractivity contribution in [2.45, 2.75) is 25.6 Å². The van der Waals surface area contributed by atoms with E-state index < -0.39 is 0 Å². The first-order chi connectivity index (χ1) is 5.67. The van der Waals surface area contributed by atoms with Crippen molar-refractivity contribution in [1.29, 1.82) is 0 Å². The highest BCUT2D eigenvalue weighted by Crippen LogP contribution is 2.26. The van der Waals surface area contributed by atoms with Crippen molar-refractivity contribution in [2.24, 2.45) is 0 Å². The van der Waals surface area contributed by atoms with E-state index in [0.717, 1.165) is 6.61 Å². The van der Waals surface area contributed by atoms with Crippen LogP contribution < -0.4 is 5.32 Å². The highest BCUT2D eigenvalue weighted by Gasteiger charge is 2.31. The maximum absolute atomic E-state index is 5.61. The fraction of sp³-hybridized carbons (Fsp3) is 0.556. The first-order valence-corrected chi connectivity index (χ1v) is 5.03. The minimum atomic E-state index is 0.103. The number of hydrogen-bond donors (Lipinski definition) is 1. The Morgan fingerprint density at radius 1 is 1.67 bits per heavy atom. The maximum Gasteiger partial charge on any atom is 0.135 e. The number of nitrogens with one attached hydrogen (secondary N) is 1. The van der Waals surface area contributed by atoms with Crippen molar-refractivity contribution < 1.29 is 4.74 Å². The summed E-state index contributed by atoms with van der Waals surface area (Å²) in [5.41, 5.74) is 1.36. The molecule has 1 atom stereocenters. The smallest absolute Gasteiger partial charge is 0.135 e. The quantitative estimate of drug-likeness (QED) is 0.720. The summed E-state index contributed by atoms with van der Waals surface area (Å²) in [5, 5.41) is 7.62. The Morgan fingerprint density at radius 3 is 3.00 bits per heavy atom. The van der Waals surface area contributed by atoms with Crippen molar-refractivity contribution in [2.75, 3.05) is 6.61 Å². The summed E-state index contributed by atoms with van der Waals surface area (Å²) in [6.07, 6.45) is 0.103. The van der Waals surface area contributed by atoms with Crippen molar-refractivity contribution >= 4 is 11.3 Å². The molecule has 1 aromatic rings. The maximum atomic E-state index is 5.61. The Labute approximate surface area is 76.6 Å². The fourth-order valence-electron chi connectivity index (χ4n) is 1.33. The van der Waals surface area contributed by atoms with E-state index in [-0.39, 0.29) is 11.8 Å². The molecule has 0 saturated carbocycles. The van der Waals surface area contributed by atoms with Gasteiger partial charge in [0.15, 0.2) is 0 Å². The van der Waals surface area contributed by atoms with Crippen LogP contribution in [0.1, 0.15) is 25.6 Å². The molecule has 1 saturated heterocycles. The Bertz CT molecular complexity index is 256. The molecular weight excluding hydrogens is 170 g/mol. The predicted octanol–water partition coefficient (Wildman–Crippen LogP) is 2.15.